The Morgan fingerprint density at radius 3 is 2.35 bits per heavy atom. The molecule has 0 aliphatic carbocycles. The fourth-order valence-corrected chi connectivity index (χ4v) is 2.07. The molecule has 116 valence electrons. The molecule has 1 N–H and O–H groups in total. The van der Waals surface area contributed by atoms with E-state index >= 15 is 0 Å². The van der Waals surface area contributed by atoms with E-state index < -0.39 is 0 Å². The van der Waals surface area contributed by atoms with Crippen molar-refractivity contribution in [3.05, 3.63) is 0 Å². The number of rotatable bonds is 8. The van der Waals surface area contributed by atoms with E-state index in [-0.39, 0.29) is 11.9 Å². The number of hydrogen-bond donors (Lipinski definition) is 1. The third kappa shape index (κ3) is 6.83. The van der Waals surface area contributed by atoms with Crippen molar-refractivity contribution in [3.8, 4) is 0 Å². The largest absolute Gasteiger partial charge is 0.469 e. The van der Waals surface area contributed by atoms with Gasteiger partial charge in [-0.25, -0.2) is 0 Å². The molecule has 1 aliphatic heterocycles. The maximum absolute atomic E-state index is 11.6. The summed E-state index contributed by atoms with van der Waals surface area (Å²) >= 11 is 0. The molecule has 0 aromatic carbocycles. The summed E-state index contributed by atoms with van der Waals surface area (Å²) in [6.07, 6.45) is 0.425. The lowest BCUT2D eigenvalue weighted by molar-refractivity contribution is -0.141. The van der Waals surface area contributed by atoms with E-state index in [0.29, 0.717) is 26.1 Å². The predicted molar refractivity (Wildman–Crippen MR) is 74.4 cm³/mol. The highest BCUT2D eigenvalue weighted by Gasteiger charge is 2.19. The number of carbonyl (C=O) groups is 2. The number of ether oxygens (including phenoxy) is 2. The molecular weight excluding hydrogens is 262 g/mol. The molecular formula is C13H25N3O4. The van der Waals surface area contributed by atoms with Crippen LogP contribution in [0.15, 0.2) is 0 Å². The van der Waals surface area contributed by atoms with Gasteiger partial charge < -0.3 is 19.7 Å². The van der Waals surface area contributed by atoms with E-state index in [1.54, 1.807) is 7.11 Å². The Hall–Kier alpha value is -1.18. The Kier molecular flexibility index (Phi) is 8.17. The Morgan fingerprint density at radius 2 is 1.75 bits per heavy atom. The zero-order valence-corrected chi connectivity index (χ0v) is 12.4. The second-order valence-electron chi connectivity index (χ2n) is 4.79. The van der Waals surface area contributed by atoms with Gasteiger partial charge in [0.05, 0.1) is 26.7 Å². The lowest BCUT2D eigenvalue weighted by Crippen LogP contribution is -2.50. The molecule has 1 fully saturated rings. The van der Waals surface area contributed by atoms with Crippen molar-refractivity contribution in [2.45, 2.75) is 6.42 Å². The summed E-state index contributed by atoms with van der Waals surface area (Å²) < 4.78 is 9.50. The first kappa shape index (κ1) is 16.9. The average Bonchev–Trinajstić information content (AvgIpc) is 2.46. The molecule has 0 atom stereocenters. The van der Waals surface area contributed by atoms with E-state index in [4.69, 9.17) is 4.74 Å². The van der Waals surface area contributed by atoms with E-state index in [0.717, 1.165) is 32.7 Å². The van der Waals surface area contributed by atoms with E-state index in [1.165, 1.54) is 7.11 Å². The summed E-state index contributed by atoms with van der Waals surface area (Å²) in [5.74, 6) is -0.144. The fraction of sp³-hybridized carbons (Fsp3) is 0.846. The van der Waals surface area contributed by atoms with Gasteiger partial charge in [-0.3, -0.25) is 14.5 Å². The number of nitrogens with one attached hydrogen (secondary N) is 1. The normalized spacial score (nSPS) is 16.9. The molecule has 1 heterocycles. The number of esters is 1. The van der Waals surface area contributed by atoms with Gasteiger partial charge in [-0.15, -0.1) is 0 Å². The van der Waals surface area contributed by atoms with Crippen LogP contribution in [0.1, 0.15) is 6.42 Å². The van der Waals surface area contributed by atoms with E-state index in [1.807, 2.05) is 0 Å². The van der Waals surface area contributed by atoms with Crippen molar-refractivity contribution < 1.29 is 19.1 Å². The van der Waals surface area contributed by atoms with Gasteiger partial charge >= 0.3 is 5.97 Å². The van der Waals surface area contributed by atoms with Crippen LogP contribution < -0.4 is 5.32 Å². The van der Waals surface area contributed by atoms with Gasteiger partial charge in [0.1, 0.15) is 0 Å². The molecule has 0 aromatic heterocycles. The Bertz CT molecular complexity index is 304. The predicted octanol–water partition coefficient (Wildman–Crippen LogP) is -1.07. The highest BCUT2D eigenvalue weighted by Crippen LogP contribution is 2.02. The summed E-state index contributed by atoms with van der Waals surface area (Å²) in [5, 5.41) is 2.81. The lowest BCUT2D eigenvalue weighted by Gasteiger charge is -2.34. The maximum Gasteiger partial charge on any atom is 0.306 e. The zero-order chi connectivity index (χ0) is 14.8. The number of amides is 1. The van der Waals surface area contributed by atoms with Crippen molar-refractivity contribution >= 4 is 11.9 Å². The Labute approximate surface area is 120 Å². The zero-order valence-electron chi connectivity index (χ0n) is 12.4. The summed E-state index contributed by atoms with van der Waals surface area (Å²) in [5.41, 5.74) is 0. The first-order chi connectivity index (χ1) is 9.65. The maximum atomic E-state index is 11.6. The quantitative estimate of drug-likeness (QED) is 0.453. The first-order valence-electron chi connectivity index (χ1n) is 6.93. The SMILES string of the molecule is COCCNC(=O)CN1CCN(CCC(=O)OC)CC1. The topological polar surface area (TPSA) is 71.1 Å². The third-order valence-electron chi connectivity index (χ3n) is 3.32. The highest BCUT2D eigenvalue weighted by molar-refractivity contribution is 5.78. The van der Waals surface area contributed by atoms with Gasteiger partial charge in [0, 0.05) is 46.4 Å². The highest BCUT2D eigenvalue weighted by atomic mass is 16.5. The van der Waals surface area contributed by atoms with Crippen LogP contribution >= 0.6 is 0 Å². The second kappa shape index (κ2) is 9.68. The molecule has 20 heavy (non-hydrogen) atoms. The van der Waals surface area contributed by atoms with Gasteiger partial charge in [-0.1, -0.05) is 0 Å². The van der Waals surface area contributed by atoms with E-state index in [9.17, 15) is 9.59 Å². The Morgan fingerprint density at radius 1 is 1.10 bits per heavy atom. The molecule has 0 spiro atoms. The molecule has 7 nitrogen and oxygen atoms in total. The second-order valence-corrected chi connectivity index (χ2v) is 4.79. The van der Waals surface area contributed by atoms with Crippen LogP contribution in [0, 0.1) is 0 Å². The number of hydrogen-bond acceptors (Lipinski definition) is 6. The first-order valence-corrected chi connectivity index (χ1v) is 6.93. The molecule has 1 amide bonds. The van der Waals surface area contributed by atoms with Crippen molar-refractivity contribution in [1.29, 1.82) is 0 Å². The van der Waals surface area contributed by atoms with Crippen LogP contribution in [0.5, 0.6) is 0 Å². The summed E-state index contributed by atoms with van der Waals surface area (Å²) in [6.45, 7) is 5.68. The molecule has 0 unspecified atom stereocenters. The van der Waals surface area contributed by atoms with Gasteiger partial charge in [-0.2, -0.15) is 0 Å². The molecule has 0 radical (unpaired) electrons. The molecule has 7 heteroatoms. The van der Waals surface area contributed by atoms with Crippen LogP contribution in [-0.4, -0.2) is 88.3 Å². The lowest BCUT2D eigenvalue weighted by atomic mass is 10.3. The van der Waals surface area contributed by atoms with E-state index in [2.05, 4.69) is 19.9 Å². The minimum absolute atomic E-state index is 0.0325. The number of methoxy groups -OCH3 is 2. The molecule has 0 saturated carbocycles. The summed E-state index contributed by atoms with van der Waals surface area (Å²) in [7, 11) is 3.02. The van der Waals surface area contributed by atoms with Crippen LogP contribution in [0.25, 0.3) is 0 Å². The number of nitrogens with zero attached hydrogens (tertiary/aromatic N) is 2. The fourth-order valence-electron chi connectivity index (χ4n) is 2.07. The van der Waals surface area contributed by atoms with Crippen molar-refractivity contribution in [3.63, 3.8) is 0 Å². The van der Waals surface area contributed by atoms with Gasteiger partial charge in [0.15, 0.2) is 0 Å². The summed E-state index contributed by atoms with van der Waals surface area (Å²) in [4.78, 5) is 27.0. The molecule has 1 rings (SSSR count). The third-order valence-corrected chi connectivity index (χ3v) is 3.32. The van der Waals surface area contributed by atoms with Gasteiger partial charge in [-0.05, 0) is 0 Å². The average molecular weight is 287 g/mol. The van der Waals surface area contributed by atoms with Crippen molar-refractivity contribution in [2.24, 2.45) is 0 Å². The molecule has 0 bridgehead atoms. The van der Waals surface area contributed by atoms with Crippen LogP contribution in [-0.2, 0) is 19.1 Å². The Balaban J connectivity index is 2.12. The standard InChI is InChI=1S/C13H25N3O4/c1-19-10-4-14-12(17)11-16-8-6-15(7-9-16)5-3-13(18)20-2/h3-11H2,1-2H3,(H,14,17). The number of carbonyl (C=O) groups excluding carboxylic acids is 2. The van der Waals surface area contributed by atoms with Crippen molar-refractivity contribution in [1.82, 2.24) is 15.1 Å². The minimum atomic E-state index is -0.176. The number of piperazine rings is 1. The molecule has 1 saturated heterocycles. The van der Waals surface area contributed by atoms with Crippen molar-refractivity contribution in [2.75, 3.05) is 66.6 Å². The molecule has 0 aromatic rings. The van der Waals surface area contributed by atoms with Gasteiger partial charge in [0.2, 0.25) is 5.91 Å². The monoisotopic (exact) mass is 287 g/mol. The smallest absolute Gasteiger partial charge is 0.306 e. The van der Waals surface area contributed by atoms with Gasteiger partial charge in [0.25, 0.3) is 0 Å². The van der Waals surface area contributed by atoms with Crippen LogP contribution in [0.4, 0.5) is 0 Å². The molecule has 1 aliphatic rings. The van der Waals surface area contributed by atoms with Crippen LogP contribution in [0.2, 0.25) is 0 Å². The van der Waals surface area contributed by atoms with Crippen LogP contribution in [0.3, 0.4) is 0 Å². The minimum Gasteiger partial charge on any atom is -0.469 e. The summed E-state index contributed by atoms with van der Waals surface area (Å²) in [6, 6.07) is 0.